The molecule has 22 heavy (non-hydrogen) atoms. The summed E-state index contributed by atoms with van der Waals surface area (Å²) < 4.78 is 4.60. The fourth-order valence-electron chi connectivity index (χ4n) is 1.80. The fourth-order valence-corrected chi connectivity index (χ4v) is 1.80. The Morgan fingerprint density at radius 3 is 2.18 bits per heavy atom. The van der Waals surface area contributed by atoms with Crippen molar-refractivity contribution in [1.82, 2.24) is 10.6 Å². The second-order valence-corrected chi connectivity index (χ2v) is 6.41. The molecule has 0 rings (SSSR count). The summed E-state index contributed by atoms with van der Waals surface area (Å²) in [6, 6.07) is -1.64. The lowest BCUT2D eigenvalue weighted by Gasteiger charge is -2.23. The first-order chi connectivity index (χ1) is 10.1. The van der Waals surface area contributed by atoms with Crippen molar-refractivity contribution >= 4 is 17.8 Å². The molecule has 2 atom stereocenters. The number of rotatable bonds is 9. The third-order valence-corrected chi connectivity index (χ3v) is 3.17. The van der Waals surface area contributed by atoms with E-state index >= 15 is 0 Å². The highest BCUT2D eigenvalue weighted by atomic mass is 16.5. The average molecular weight is 316 g/mol. The van der Waals surface area contributed by atoms with Crippen molar-refractivity contribution in [3.63, 3.8) is 0 Å². The van der Waals surface area contributed by atoms with Crippen molar-refractivity contribution < 1.29 is 24.2 Å². The maximum Gasteiger partial charge on any atom is 0.328 e. The van der Waals surface area contributed by atoms with Crippen molar-refractivity contribution in [2.75, 3.05) is 13.7 Å². The molecule has 7 heteroatoms. The molecule has 0 aromatic heterocycles. The quantitative estimate of drug-likeness (QED) is 0.546. The first-order valence-corrected chi connectivity index (χ1v) is 7.44. The lowest BCUT2D eigenvalue weighted by atomic mass is 9.92. The zero-order valence-corrected chi connectivity index (χ0v) is 14.1. The van der Waals surface area contributed by atoms with Gasteiger partial charge in [-0.15, -0.1) is 0 Å². The highest BCUT2D eigenvalue weighted by molar-refractivity contribution is 5.89. The molecule has 0 fully saturated rings. The Bertz CT molecular complexity index is 390. The van der Waals surface area contributed by atoms with E-state index in [1.807, 2.05) is 0 Å². The van der Waals surface area contributed by atoms with E-state index in [2.05, 4.69) is 36.1 Å². The van der Waals surface area contributed by atoms with Crippen molar-refractivity contribution in [2.45, 2.75) is 59.0 Å². The van der Waals surface area contributed by atoms with E-state index in [1.54, 1.807) is 6.92 Å². The van der Waals surface area contributed by atoms with Crippen LogP contribution in [0.25, 0.3) is 0 Å². The number of methoxy groups -OCH3 is 1. The van der Waals surface area contributed by atoms with Gasteiger partial charge in [0.15, 0.2) is 0 Å². The first kappa shape index (κ1) is 20.4. The monoisotopic (exact) mass is 316 g/mol. The Hall–Kier alpha value is -1.63. The highest BCUT2D eigenvalue weighted by Crippen LogP contribution is 2.17. The average Bonchev–Trinajstić information content (AvgIpc) is 2.40. The summed E-state index contributed by atoms with van der Waals surface area (Å²) in [5.41, 5.74) is 0.0786. The number of ether oxygens (including phenoxy) is 1. The van der Waals surface area contributed by atoms with Gasteiger partial charge in [-0.25, -0.2) is 4.79 Å². The van der Waals surface area contributed by atoms with E-state index in [9.17, 15) is 14.4 Å². The summed E-state index contributed by atoms with van der Waals surface area (Å²) in [5, 5.41) is 14.4. The Labute approximate surface area is 131 Å². The molecule has 0 aromatic carbocycles. The molecule has 0 radical (unpaired) electrons. The van der Waals surface area contributed by atoms with Gasteiger partial charge in [0.1, 0.15) is 6.04 Å². The summed E-state index contributed by atoms with van der Waals surface area (Å²) in [5.74, 6) is -2.12. The third kappa shape index (κ3) is 8.61. The number of esters is 1. The van der Waals surface area contributed by atoms with Gasteiger partial charge in [-0.2, -0.15) is 0 Å². The number of aliphatic carboxylic acids is 1. The third-order valence-electron chi connectivity index (χ3n) is 3.17. The second-order valence-electron chi connectivity index (χ2n) is 6.41. The van der Waals surface area contributed by atoms with Crippen LogP contribution >= 0.6 is 0 Å². The summed E-state index contributed by atoms with van der Waals surface area (Å²) in [7, 11) is 1.24. The van der Waals surface area contributed by atoms with E-state index in [1.165, 1.54) is 7.11 Å². The van der Waals surface area contributed by atoms with Gasteiger partial charge in [0.25, 0.3) is 0 Å². The minimum atomic E-state index is -1.07. The molecule has 0 spiro atoms. The molecule has 0 heterocycles. The molecule has 128 valence electrons. The number of nitrogens with one attached hydrogen (secondary N) is 2. The maximum atomic E-state index is 12.2. The molecular weight excluding hydrogens is 288 g/mol. The van der Waals surface area contributed by atoms with E-state index in [-0.39, 0.29) is 11.8 Å². The molecule has 0 aliphatic carbocycles. The van der Waals surface area contributed by atoms with Crippen LogP contribution in [0.5, 0.6) is 0 Å². The number of amides is 1. The van der Waals surface area contributed by atoms with Crippen LogP contribution < -0.4 is 10.6 Å². The van der Waals surface area contributed by atoms with Crippen LogP contribution in [0.2, 0.25) is 0 Å². The number of hydrogen-bond acceptors (Lipinski definition) is 5. The largest absolute Gasteiger partial charge is 0.481 e. The number of carbonyl (C=O) groups excluding carboxylic acids is 2. The van der Waals surface area contributed by atoms with Gasteiger partial charge in [-0.05, 0) is 24.8 Å². The van der Waals surface area contributed by atoms with E-state index in [4.69, 9.17) is 5.11 Å². The summed E-state index contributed by atoms with van der Waals surface area (Å²) in [6.45, 7) is 8.44. The van der Waals surface area contributed by atoms with Gasteiger partial charge in [0.2, 0.25) is 5.91 Å². The first-order valence-electron chi connectivity index (χ1n) is 7.44. The Morgan fingerprint density at radius 2 is 1.77 bits per heavy atom. The van der Waals surface area contributed by atoms with Crippen molar-refractivity contribution in [3.8, 4) is 0 Å². The fraction of sp³-hybridized carbons (Fsp3) is 0.800. The van der Waals surface area contributed by atoms with Crippen LogP contribution in [0.15, 0.2) is 0 Å². The second kappa shape index (κ2) is 9.40. The van der Waals surface area contributed by atoms with Crippen LogP contribution in [0.3, 0.4) is 0 Å². The van der Waals surface area contributed by atoms with Crippen molar-refractivity contribution in [2.24, 2.45) is 5.41 Å². The minimum absolute atomic E-state index is 0.0786. The lowest BCUT2D eigenvalue weighted by Crippen LogP contribution is -2.51. The van der Waals surface area contributed by atoms with Gasteiger partial charge >= 0.3 is 11.9 Å². The van der Waals surface area contributed by atoms with Gasteiger partial charge in [-0.3, -0.25) is 9.59 Å². The van der Waals surface area contributed by atoms with Crippen molar-refractivity contribution in [1.29, 1.82) is 0 Å². The maximum absolute atomic E-state index is 12.2. The predicted octanol–water partition coefficient (Wildman–Crippen LogP) is 0.923. The molecule has 0 aliphatic heterocycles. The van der Waals surface area contributed by atoms with Crippen LogP contribution in [-0.2, 0) is 19.1 Å². The van der Waals surface area contributed by atoms with Gasteiger partial charge < -0.3 is 20.5 Å². The summed E-state index contributed by atoms with van der Waals surface area (Å²) in [6.07, 6.45) is 0.832. The molecule has 0 unspecified atom stereocenters. The Kier molecular flexibility index (Phi) is 8.70. The Morgan fingerprint density at radius 1 is 1.18 bits per heavy atom. The van der Waals surface area contributed by atoms with Crippen LogP contribution in [0.1, 0.15) is 47.0 Å². The Balaban J connectivity index is 4.69. The molecule has 0 bridgehead atoms. The van der Waals surface area contributed by atoms with E-state index in [0.29, 0.717) is 13.0 Å². The zero-order chi connectivity index (χ0) is 17.3. The molecular formula is C15H28N2O5. The minimum Gasteiger partial charge on any atom is -0.481 e. The molecule has 0 aromatic rings. The van der Waals surface area contributed by atoms with Crippen molar-refractivity contribution in [3.05, 3.63) is 0 Å². The zero-order valence-electron chi connectivity index (χ0n) is 14.1. The number of carboxylic acid groups (broad SMARTS) is 1. The summed E-state index contributed by atoms with van der Waals surface area (Å²) in [4.78, 5) is 34.6. The molecule has 0 saturated heterocycles. The number of hydrogen-bond donors (Lipinski definition) is 3. The normalized spacial score (nSPS) is 14.0. The van der Waals surface area contributed by atoms with Crippen LogP contribution in [0.4, 0.5) is 0 Å². The van der Waals surface area contributed by atoms with E-state index < -0.39 is 29.9 Å². The SMILES string of the molecule is CC[C@H](NC(=O)[C@H](CC(=O)O)NCCC(C)(C)C)C(=O)OC. The topological polar surface area (TPSA) is 105 Å². The number of carbonyl (C=O) groups is 3. The summed E-state index contributed by atoms with van der Waals surface area (Å²) >= 11 is 0. The van der Waals surface area contributed by atoms with Gasteiger partial charge in [-0.1, -0.05) is 27.7 Å². The van der Waals surface area contributed by atoms with Crippen LogP contribution in [-0.4, -0.2) is 48.7 Å². The predicted molar refractivity (Wildman–Crippen MR) is 82.4 cm³/mol. The van der Waals surface area contributed by atoms with Gasteiger partial charge in [0, 0.05) is 0 Å². The van der Waals surface area contributed by atoms with E-state index in [0.717, 1.165) is 6.42 Å². The molecule has 7 nitrogen and oxygen atoms in total. The lowest BCUT2D eigenvalue weighted by molar-refractivity contribution is -0.145. The molecule has 0 aliphatic rings. The standard InChI is InChI=1S/C15H28N2O5/c1-6-10(14(21)22-5)17-13(20)11(9-12(18)19)16-8-7-15(2,3)4/h10-11,16H,6-9H2,1-5H3,(H,17,20)(H,18,19)/t10-,11-/m0/s1. The highest BCUT2D eigenvalue weighted by Gasteiger charge is 2.26. The van der Waals surface area contributed by atoms with Gasteiger partial charge in [0.05, 0.1) is 19.6 Å². The molecule has 3 N–H and O–H groups in total. The number of carboxylic acids is 1. The smallest absolute Gasteiger partial charge is 0.328 e. The molecule has 0 saturated carbocycles. The molecule has 1 amide bonds. The van der Waals surface area contributed by atoms with Crippen LogP contribution in [0, 0.1) is 5.41 Å².